The summed E-state index contributed by atoms with van der Waals surface area (Å²) in [6, 6.07) is -13.8. The van der Waals surface area contributed by atoms with E-state index in [4.69, 9.17) is 23.7 Å². The lowest BCUT2D eigenvalue weighted by Crippen LogP contribution is -2.64. The first-order valence-corrected chi connectivity index (χ1v) is 43.5. The molecular formula is C89H143N11O23. The molecule has 4 aliphatic carbocycles. The van der Waals surface area contributed by atoms with Crippen molar-refractivity contribution in [1.82, 2.24) is 55.6 Å². The summed E-state index contributed by atoms with van der Waals surface area (Å²) in [5.74, 6) is -15.5. The van der Waals surface area contributed by atoms with Crippen LogP contribution in [0.5, 0.6) is 0 Å². The Hall–Kier alpha value is -9.18. The molecule has 1 aliphatic heterocycles. The maximum Gasteiger partial charge on any atom is 0.511 e. The second kappa shape index (κ2) is 45.1. The fourth-order valence-electron chi connectivity index (χ4n) is 18.5. The molecular weight excluding hydrogens is 1590 g/mol. The van der Waals surface area contributed by atoms with Crippen LogP contribution in [-0.2, 0) is 95.6 Å². The van der Waals surface area contributed by atoms with Gasteiger partial charge in [0.2, 0.25) is 77.6 Å². The van der Waals surface area contributed by atoms with Crippen molar-refractivity contribution in [2.24, 2.45) is 70.0 Å². The van der Waals surface area contributed by atoms with Gasteiger partial charge >= 0.3 is 18.1 Å². The lowest BCUT2D eigenvalue weighted by molar-refractivity contribution is -0.182. The van der Waals surface area contributed by atoms with Crippen LogP contribution in [0.4, 0.5) is 4.79 Å². The number of Topliss-reactive ketones (excluding diaryl/α,β-unsaturated/α-hetero) is 1. The lowest BCUT2D eigenvalue weighted by atomic mass is 9.46. The van der Waals surface area contributed by atoms with E-state index in [1.54, 1.807) is 73.6 Å². The Bertz CT molecular complexity index is 3920. The third-order valence-electron chi connectivity index (χ3n) is 25.6. The van der Waals surface area contributed by atoms with Crippen LogP contribution in [0.3, 0.4) is 0 Å². The first kappa shape index (κ1) is 104. The van der Waals surface area contributed by atoms with Crippen LogP contribution in [0.25, 0.3) is 0 Å². The Balaban J connectivity index is 1.49. The van der Waals surface area contributed by atoms with Crippen molar-refractivity contribution < 1.29 is 111 Å². The average Bonchev–Trinajstić information content (AvgIpc) is 1.59. The van der Waals surface area contributed by atoms with Crippen molar-refractivity contribution >= 4 is 94.6 Å². The molecule has 0 aromatic rings. The minimum atomic E-state index is -1.96. The maximum absolute atomic E-state index is 15.9. The molecule has 34 heteroatoms. The standard InChI is InChI=1S/C89H143N11O23/c1-27-29-30-54(15)75(123-86(117)122-47-121-70(106)46-119-45-69(105)120-44-67(103)89(118)36-34-60-59-32-31-57-41-58(101)33-35-87(57,18)71(59)66(102)42-88(60,89)19)74-79(110)92-61(28-2)81(112)94(20)43-68(104)95(21)62(37-48(3)4)78(109)93-72(52(11)12)84(115)96(22)63(38-49(5)6)77(108)90-55(16)76(107)91-56(17)80(111)97(23)64(39-50(7)8)82(113)98(24)65(40-51(9)10)83(114)99(25)73(53(13)14)85(116)100(74)26/h27,29,33,35,41,48-56,59-66,71-75,102,118H,28,30-32,34,36-40,42-47H2,1-26H3,(H,90,108)(H,91,107)(H,92,110)(H,93,109)/b29-27+/t54-,55?,56?,59?,60?,61?,62+,63?,64?,65?,66+,71?,72?,73?,74?,75?,87+,88+,89+/m1/s1. The molecule has 1 saturated heterocycles. The third kappa shape index (κ3) is 25.6. The molecule has 34 nitrogen and oxygen atoms in total. The lowest BCUT2D eigenvalue weighted by Gasteiger charge is -2.59. The van der Waals surface area contributed by atoms with E-state index in [2.05, 4.69) is 21.3 Å². The number of carbonyl (C=O) groups is 16. The Labute approximate surface area is 726 Å². The number of nitrogens with one attached hydrogen (secondary N) is 4. The number of esters is 2. The number of aliphatic hydroxyl groups excluding tert-OH is 1. The highest BCUT2D eigenvalue weighted by atomic mass is 16.8. The zero-order chi connectivity index (χ0) is 93.3. The number of fused-ring (bicyclic) bond motifs is 5. The van der Waals surface area contributed by atoms with Gasteiger partial charge in [0.1, 0.15) is 85.3 Å². The van der Waals surface area contributed by atoms with E-state index in [1.165, 1.54) is 84.0 Å². The van der Waals surface area contributed by atoms with Gasteiger partial charge in [0, 0.05) is 66.1 Å². The van der Waals surface area contributed by atoms with Crippen molar-refractivity contribution in [2.75, 3.05) is 82.5 Å². The number of amides is 11. The first-order valence-electron chi connectivity index (χ1n) is 43.5. The summed E-state index contributed by atoms with van der Waals surface area (Å²) in [4.78, 5) is 239. The van der Waals surface area contributed by atoms with E-state index in [0.717, 1.165) is 25.2 Å². The summed E-state index contributed by atoms with van der Waals surface area (Å²) in [5, 5.41) is 34.9. The molecule has 19 atom stereocenters. The molecule has 123 heavy (non-hydrogen) atoms. The fraction of sp³-hybridized carbons (Fsp3) is 0.753. The van der Waals surface area contributed by atoms with Crippen molar-refractivity contribution in [3.8, 4) is 0 Å². The molecule has 0 aromatic heterocycles. The van der Waals surface area contributed by atoms with Crippen LogP contribution in [0.2, 0.25) is 0 Å². The topological polar surface area (TPSA) is 431 Å². The SMILES string of the molecule is C/C=C/C[C@@H](C)C(OC(=O)OCOC(=O)COCC(=O)OCC(=O)[C@@]1(O)CCC2C3CCC4=CC(=O)C=C[C@]4(C)C3[C@@H](O)C[C@@]21C)C1C(=O)NC(CC)C(=O)N(C)CC(=O)N(C)[C@@H](CC(C)C)C(=O)NC(C(C)C)C(=O)N(C)C(CC(C)C)C(=O)NC(C)C(=O)NC(C)C(=O)N(C)C(CC(C)C)C(=O)N(C)C(CC(C)C)C(=O)N(C)C(C(C)C)C(=O)N1C. The number of ketones is 2. The van der Waals surface area contributed by atoms with Gasteiger partial charge in [-0.3, -0.25) is 62.3 Å². The van der Waals surface area contributed by atoms with E-state index in [1.807, 2.05) is 68.4 Å². The Kier molecular flexibility index (Phi) is 38.3. The fourth-order valence-corrected chi connectivity index (χ4v) is 18.5. The van der Waals surface area contributed by atoms with E-state index in [-0.39, 0.29) is 98.6 Å². The predicted molar refractivity (Wildman–Crippen MR) is 454 cm³/mol. The van der Waals surface area contributed by atoms with Crippen LogP contribution in [0, 0.1) is 70.0 Å². The second-order valence-electron chi connectivity index (χ2n) is 37.4. The molecule has 692 valence electrons. The van der Waals surface area contributed by atoms with Crippen LogP contribution in [-0.4, -0.2) is 300 Å². The summed E-state index contributed by atoms with van der Waals surface area (Å²) in [6.07, 6.45) is 6.22. The van der Waals surface area contributed by atoms with Gasteiger partial charge in [0.05, 0.1) is 12.6 Å². The minimum absolute atomic E-state index is 0.0257. The minimum Gasteiger partial charge on any atom is -0.456 e. The molecule has 5 rings (SSSR count). The van der Waals surface area contributed by atoms with Gasteiger partial charge in [0.15, 0.2) is 12.4 Å². The Morgan fingerprint density at radius 3 is 1.63 bits per heavy atom. The number of aliphatic hydroxyl groups is 2. The highest BCUT2D eigenvalue weighted by Crippen LogP contribution is 2.67. The second-order valence-corrected chi connectivity index (χ2v) is 37.4. The molecule has 1 heterocycles. The van der Waals surface area contributed by atoms with E-state index < -0.39 is 229 Å². The van der Waals surface area contributed by atoms with Crippen molar-refractivity contribution in [2.45, 2.75) is 280 Å². The number of hydrogen-bond donors (Lipinski definition) is 6. The maximum atomic E-state index is 15.9. The monoisotopic (exact) mass is 1730 g/mol. The molecule has 0 radical (unpaired) electrons. The Morgan fingerprint density at radius 2 is 1.08 bits per heavy atom. The Morgan fingerprint density at radius 1 is 0.569 bits per heavy atom. The van der Waals surface area contributed by atoms with Crippen LogP contribution in [0.15, 0.2) is 36.0 Å². The quantitative estimate of drug-likeness (QED) is 0.0301. The largest absolute Gasteiger partial charge is 0.511 e. The van der Waals surface area contributed by atoms with Crippen LogP contribution < -0.4 is 21.3 Å². The third-order valence-corrected chi connectivity index (χ3v) is 25.6. The molecule has 0 spiro atoms. The van der Waals surface area contributed by atoms with E-state index in [9.17, 15) is 67.7 Å². The van der Waals surface area contributed by atoms with Gasteiger partial charge in [-0.2, -0.15) is 0 Å². The summed E-state index contributed by atoms with van der Waals surface area (Å²) in [5.41, 5.74) is -2.68. The summed E-state index contributed by atoms with van der Waals surface area (Å²) < 4.78 is 26.9. The number of hydrogen-bond acceptors (Lipinski definition) is 23. The molecule has 4 fully saturated rings. The summed E-state index contributed by atoms with van der Waals surface area (Å²) >= 11 is 0. The smallest absolute Gasteiger partial charge is 0.456 e. The number of carbonyl (C=O) groups excluding carboxylic acids is 16. The van der Waals surface area contributed by atoms with Gasteiger partial charge in [-0.05, 0) is 157 Å². The number of ether oxygens (including phenoxy) is 5. The molecule has 5 aliphatic rings. The predicted octanol–water partition coefficient (Wildman–Crippen LogP) is 5.07. The van der Waals surface area contributed by atoms with Crippen molar-refractivity contribution in [3.63, 3.8) is 0 Å². The van der Waals surface area contributed by atoms with Gasteiger partial charge < -0.3 is 89.5 Å². The zero-order valence-electron chi connectivity index (χ0n) is 77.5. The van der Waals surface area contributed by atoms with Crippen molar-refractivity contribution in [3.05, 3.63) is 36.0 Å². The van der Waals surface area contributed by atoms with Gasteiger partial charge in [-0.1, -0.05) is 135 Å². The van der Waals surface area contributed by atoms with Crippen LogP contribution >= 0.6 is 0 Å². The summed E-state index contributed by atoms with van der Waals surface area (Å²) in [6.45, 7) is 28.2. The van der Waals surface area contributed by atoms with Gasteiger partial charge in [-0.15, -0.1) is 0 Å². The average molecular weight is 1740 g/mol. The highest BCUT2D eigenvalue weighted by molar-refractivity contribution is 6.02. The molecule has 6 N–H and O–H groups in total. The normalized spacial score (nSPS) is 30.2. The molecule has 11 amide bonds. The van der Waals surface area contributed by atoms with E-state index >= 15 is 19.2 Å². The molecule has 3 saturated carbocycles. The molecule has 0 bridgehead atoms. The molecule has 13 unspecified atom stereocenters. The first-order chi connectivity index (χ1) is 57.2. The molecule has 0 aromatic carbocycles. The number of allylic oxidation sites excluding steroid dienone is 6. The number of likely N-dealkylation sites (N-methyl/N-ethyl adjacent to an activating group) is 7. The van der Waals surface area contributed by atoms with Gasteiger partial charge in [-0.25, -0.2) is 14.4 Å². The number of rotatable bonds is 25. The van der Waals surface area contributed by atoms with E-state index in [0.29, 0.717) is 19.3 Å². The van der Waals surface area contributed by atoms with Gasteiger partial charge in [0.25, 0.3) is 0 Å². The van der Waals surface area contributed by atoms with Crippen molar-refractivity contribution in [1.29, 1.82) is 0 Å². The highest BCUT2D eigenvalue weighted by Gasteiger charge is 2.68. The summed E-state index contributed by atoms with van der Waals surface area (Å²) in [7, 11) is 9.43. The number of nitrogens with zero attached hydrogens (tertiary/aromatic N) is 7. The zero-order valence-corrected chi connectivity index (χ0v) is 77.5. The van der Waals surface area contributed by atoms with Crippen LogP contribution in [0.1, 0.15) is 202 Å².